The highest BCUT2D eigenvalue weighted by Gasteiger charge is 2.24. The number of carbonyl (C=O) groups is 1. The van der Waals surface area contributed by atoms with E-state index in [1.165, 1.54) is 0 Å². The number of nitrogens with two attached hydrogens (primary N) is 1. The molecule has 118 valence electrons. The van der Waals surface area contributed by atoms with Gasteiger partial charge in [-0.3, -0.25) is 4.79 Å². The van der Waals surface area contributed by atoms with Crippen molar-refractivity contribution in [2.75, 3.05) is 26.2 Å². The Balaban J connectivity index is 2.31. The molecule has 4 heteroatoms. The largest absolute Gasteiger partial charge is 0.376 e. The molecule has 0 saturated carbocycles. The number of piperidine rings is 1. The zero-order chi connectivity index (χ0) is 14.8. The van der Waals surface area contributed by atoms with Crippen LogP contribution >= 0.6 is 0 Å². The molecular formula is C16H32N2O2. The maximum Gasteiger partial charge on any atom is 0.222 e. The topological polar surface area (TPSA) is 55.6 Å². The van der Waals surface area contributed by atoms with E-state index in [-0.39, 0.29) is 6.10 Å². The van der Waals surface area contributed by atoms with Gasteiger partial charge in [0, 0.05) is 26.1 Å². The lowest BCUT2D eigenvalue weighted by molar-refractivity contribution is -0.135. The average molecular weight is 284 g/mol. The minimum Gasteiger partial charge on any atom is -0.376 e. The van der Waals surface area contributed by atoms with Crippen molar-refractivity contribution >= 4 is 5.91 Å². The quantitative estimate of drug-likeness (QED) is 0.708. The molecule has 4 nitrogen and oxygen atoms in total. The predicted molar refractivity (Wildman–Crippen MR) is 82.5 cm³/mol. The second-order valence-corrected chi connectivity index (χ2v) is 5.87. The highest BCUT2D eigenvalue weighted by molar-refractivity contribution is 5.76. The minimum atomic E-state index is 0.249. The van der Waals surface area contributed by atoms with Crippen molar-refractivity contribution in [2.45, 2.75) is 64.9 Å². The molecule has 0 aromatic rings. The van der Waals surface area contributed by atoms with Crippen LogP contribution in [-0.2, 0) is 9.53 Å². The number of ether oxygens (including phenoxy) is 1. The van der Waals surface area contributed by atoms with Gasteiger partial charge in [0.05, 0.1) is 6.10 Å². The lowest BCUT2D eigenvalue weighted by atomic mass is 9.96. The molecule has 1 amide bonds. The normalized spacial score (nSPS) is 20.9. The molecule has 2 unspecified atom stereocenters. The first kappa shape index (κ1) is 17.4. The second-order valence-electron chi connectivity index (χ2n) is 5.87. The van der Waals surface area contributed by atoms with Gasteiger partial charge in [0.25, 0.3) is 0 Å². The summed E-state index contributed by atoms with van der Waals surface area (Å²) in [5, 5.41) is 0. The van der Waals surface area contributed by atoms with Crippen molar-refractivity contribution in [1.29, 1.82) is 0 Å². The number of hydrogen-bond acceptors (Lipinski definition) is 3. The van der Waals surface area contributed by atoms with E-state index in [4.69, 9.17) is 10.5 Å². The monoisotopic (exact) mass is 284 g/mol. The summed E-state index contributed by atoms with van der Waals surface area (Å²) >= 11 is 0. The first-order valence-electron chi connectivity index (χ1n) is 8.30. The summed E-state index contributed by atoms with van der Waals surface area (Å²) in [6.45, 7) is 7.52. The van der Waals surface area contributed by atoms with E-state index in [1.54, 1.807) is 0 Å². The Morgan fingerprint density at radius 2 is 2.20 bits per heavy atom. The molecule has 1 saturated heterocycles. The van der Waals surface area contributed by atoms with Crippen LogP contribution in [0.2, 0.25) is 0 Å². The van der Waals surface area contributed by atoms with Crippen LogP contribution in [0.3, 0.4) is 0 Å². The molecule has 2 atom stereocenters. The first-order valence-corrected chi connectivity index (χ1v) is 8.30. The van der Waals surface area contributed by atoms with Crippen LogP contribution in [0.25, 0.3) is 0 Å². The Morgan fingerprint density at radius 3 is 2.85 bits per heavy atom. The molecule has 0 aromatic carbocycles. The molecule has 1 aliphatic heterocycles. The van der Waals surface area contributed by atoms with Gasteiger partial charge in [0.15, 0.2) is 0 Å². The predicted octanol–water partition coefficient (Wildman–Crippen LogP) is 2.56. The van der Waals surface area contributed by atoms with Crippen LogP contribution in [0, 0.1) is 5.92 Å². The third kappa shape index (κ3) is 6.23. The third-order valence-electron chi connectivity index (χ3n) is 4.21. The number of amides is 1. The van der Waals surface area contributed by atoms with Gasteiger partial charge in [-0.15, -0.1) is 0 Å². The van der Waals surface area contributed by atoms with E-state index in [0.29, 0.717) is 18.2 Å². The summed E-state index contributed by atoms with van der Waals surface area (Å²) in [6, 6.07) is 0. The summed E-state index contributed by atoms with van der Waals surface area (Å²) in [5.74, 6) is 0.895. The van der Waals surface area contributed by atoms with Gasteiger partial charge in [-0.25, -0.2) is 0 Å². The summed E-state index contributed by atoms with van der Waals surface area (Å²) < 4.78 is 5.79. The Labute approximate surface area is 124 Å². The van der Waals surface area contributed by atoms with Gasteiger partial charge < -0.3 is 15.4 Å². The number of nitrogens with zero attached hydrogens (tertiary/aromatic N) is 1. The molecule has 20 heavy (non-hydrogen) atoms. The lowest BCUT2D eigenvalue weighted by Gasteiger charge is -2.33. The fourth-order valence-electron chi connectivity index (χ4n) is 2.86. The average Bonchev–Trinajstić information content (AvgIpc) is 2.49. The highest BCUT2D eigenvalue weighted by atomic mass is 16.5. The summed E-state index contributed by atoms with van der Waals surface area (Å²) in [6.07, 6.45) is 7.25. The molecule has 1 rings (SSSR count). The molecule has 0 radical (unpaired) electrons. The summed E-state index contributed by atoms with van der Waals surface area (Å²) in [7, 11) is 0. The van der Waals surface area contributed by atoms with Crippen LogP contribution < -0.4 is 5.73 Å². The number of rotatable bonds is 9. The molecular weight excluding hydrogens is 252 g/mol. The van der Waals surface area contributed by atoms with Crippen molar-refractivity contribution in [3.63, 3.8) is 0 Å². The fourth-order valence-corrected chi connectivity index (χ4v) is 2.86. The van der Waals surface area contributed by atoms with Crippen molar-refractivity contribution < 1.29 is 9.53 Å². The zero-order valence-electron chi connectivity index (χ0n) is 13.3. The van der Waals surface area contributed by atoms with Gasteiger partial charge in [-0.1, -0.05) is 20.3 Å². The Hall–Kier alpha value is -0.610. The molecule has 0 spiro atoms. The minimum absolute atomic E-state index is 0.249. The van der Waals surface area contributed by atoms with Gasteiger partial charge in [0.1, 0.15) is 0 Å². The third-order valence-corrected chi connectivity index (χ3v) is 4.21. The smallest absolute Gasteiger partial charge is 0.222 e. The van der Waals surface area contributed by atoms with Gasteiger partial charge in [0.2, 0.25) is 5.91 Å². The van der Waals surface area contributed by atoms with Gasteiger partial charge >= 0.3 is 0 Å². The standard InChI is InChI=1S/C16H32N2O2/c1-3-12-20-15-6-5-11-18(13-15)16(19)8-7-14(4-2)9-10-17/h14-15H,3-13,17H2,1-2H3. The van der Waals surface area contributed by atoms with E-state index < -0.39 is 0 Å². The second kappa shape index (κ2) is 10.2. The number of likely N-dealkylation sites (tertiary alicyclic amines) is 1. The summed E-state index contributed by atoms with van der Waals surface area (Å²) in [5.41, 5.74) is 5.61. The Bertz CT molecular complexity index is 271. The molecule has 0 aliphatic carbocycles. The molecule has 1 heterocycles. The highest BCUT2D eigenvalue weighted by Crippen LogP contribution is 2.18. The molecule has 1 aliphatic rings. The van der Waals surface area contributed by atoms with Gasteiger partial charge in [-0.2, -0.15) is 0 Å². The van der Waals surface area contributed by atoms with E-state index in [1.807, 2.05) is 4.90 Å². The van der Waals surface area contributed by atoms with Crippen molar-refractivity contribution in [3.05, 3.63) is 0 Å². The first-order chi connectivity index (χ1) is 9.71. The van der Waals surface area contributed by atoms with E-state index in [9.17, 15) is 4.79 Å². The molecule has 0 aromatic heterocycles. The molecule has 2 N–H and O–H groups in total. The van der Waals surface area contributed by atoms with E-state index in [2.05, 4.69) is 13.8 Å². The number of hydrogen-bond donors (Lipinski definition) is 1. The Kier molecular flexibility index (Phi) is 8.86. The summed E-state index contributed by atoms with van der Waals surface area (Å²) in [4.78, 5) is 14.3. The van der Waals surface area contributed by atoms with Crippen LogP contribution in [0.4, 0.5) is 0 Å². The van der Waals surface area contributed by atoms with Crippen LogP contribution in [0.15, 0.2) is 0 Å². The van der Waals surface area contributed by atoms with Crippen LogP contribution in [0.5, 0.6) is 0 Å². The molecule has 1 fully saturated rings. The fraction of sp³-hybridized carbons (Fsp3) is 0.938. The van der Waals surface area contributed by atoms with Crippen molar-refractivity contribution in [3.8, 4) is 0 Å². The SMILES string of the molecule is CCCOC1CCCN(C(=O)CCC(CC)CCN)C1. The van der Waals surface area contributed by atoms with Crippen LogP contribution in [-0.4, -0.2) is 43.2 Å². The lowest BCUT2D eigenvalue weighted by Crippen LogP contribution is -2.43. The van der Waals surface area contributed by atoms with Crippen molar-refractivity contribution in [1.82, 2.24) is 4.90 Å². The van der Waals surface area contributed by atoms with E-state index in [0.717, 1.165) is 64.8 Å². The Morgan fingerprint density at radius 1 is 1.40 bits per heavy atom. The number of carbonyl (C=O) groups excluding carboxylic acids is 1. The zero-order valence-corrected chi connectivity index (χ0v) is 13.3. The van der Waals surface area contributed by atoms with Gasteiger partial charge in [-0.05, 0) is 44.6 Å². The van der Waals surface area contributed by atoms with Crippen molar-refractivity contribution in [2.24, 2.45) is 11.7 Å². The maximum absolute atomic E-state index is 12.3. The maximum atomic E-state index is 12.3. The van der Waals surface area contributed by atoms with E-state index >= 15 is 0 Å². The molecule has 0 bridgehead atoms. The van der Waals surface area contributed by atoms with Crippen LogP contribution in [0.1, 0.15) is 58.8 Å².